The minimum atomic E-state index is -0.186. The smallest absolute Gasteiger partial charge is 0.241 e. The molecule has 0 radical (unpaired) electrons. The lowest BCUT2D eigenvalue weighted by molar-refractivity contribution is -0.122. The number of amides is 1. The van der Waals surface area contributed by atoms with Crippen LogP contribution in [0.1, 0.15) is 30.9 Å². The van der Waals surface area contributed by atoms with Gasteiger partial charge in [-0.1, -0.05) is 6.42 Å². The largest absolute Gasteiger partial charge is 0.456 e. The summed E-state index contributed by atoms with van der Waals surface area (Å²) in [6.45, 7) is 3.31. The zero-order valence-electron chi connectivity index (χ0n) is 16.3. The fourth-order valence-corrected chi connectivity index (χ4v) is 3.49. The molecule has 8 heteroatoms. The number of anilines is 1. The second kappa shape index (κ2) is 8.83. The molecule has 2 aromatic heterocycles. The third kappa shape index (κ3) is 4.97. The number of carbonyl (C=O) groups excluding carboxylic acids is 1. The van der Waals surface area contributed by atoms with Gasteiger partial charge < -0.3 is 10.1 Å². The molecular weight excluding hydrogens is 368 g/mol. The molecule has 150 valence electrons. The second-order valence-electron chi connectivity index (χ2n) is 7.12. The number of carbonyl (C=O) groups is 1. The minimum absolute atomic E-state index is 0.00196. The van der Waals surface area contributed by atoms with Crippen LogP contribution in [-0.4, -0.2) is 43.6 Å². The van der Waals surface area contributed by atoms with Crippen molar-refractivity contribution in [1.29, 1.82) is 0 Å². The summed E-state index contributed by atoms with van der Waals surface area (Å²) in [5, 5.41) is 10.1. The highest BCUT2D eigenvalue weighted by molar-refractivity contribution is 5.94. The van der Waals surface area contributed by atoms with Crippen LogP contribution < -0.4 is 10.1 Å². The number of H-pyrrole nitrogens is 1. The average molecular weight is 392 g/mol. The highest BCUT2D eigenvalue weighted by atomic mass is 16.5. The molecule has 1 aliphatic rings. The first-order valence-electron chi connectivity index (χ1n) is 9.78. The van der Waals surface area contributed by atoms with Gasteiger partial charge >= 0.3 is 0 Å². The summed E-state index contributed by atoms with van der Waals surface area (Å²) in [7, 11) is 0. The van der Waals surface area contributed by atoms with Gasteiger partial charge in [0, 0.05) is 11.9 Å². The first-order valence-corrected chi connectivity index (χ1v) is 9.78. The normalized spacial score (nSPS) is 17.1. The maximum atomic E-state index is 12.9. The third-order valence-electron chi connectivity index (χ3n) is 4.90. The molecule has 2 N–H and O–H groups in total. The molecule has 8 nitrogen and oxygen atoms in total. The number of ether oxygens (including phenoxy) is 1. The number of benzene rings is 1. The highest BCUT2D eigenvalue weighted by Gasteiger charge is 2.29. The van der Waals surface area contributed by atoms with Gasteiger partial charge in [0.15, 0.2) is 5.82 Å². The lowest BCUT2D eigenvalue weighted by Gasteiger charge is -2.33. The molecule has 3 heterocycles. The number of rotatable bonds is 6. The SMILES string of the molecule is Cc1nc(CN2CCCC[C@H]2C(=O)Nc2ccc(Oc3cccnc3)cc2)n[nH]1. The van der Waals surface area contributed by atoms with Crippen molar-refractivity contribution in [3.63, 3.8) is 0 Å². The van der Waals surface area contributed by atoms with Crippen molar-refractivity contribution in [1.82, 2.24) is 25.1 Å². The molecule has 0 spiro atoms. The summed E-state index contributed by atoms with van der Waals surface area (Å²) >= 11 is 0. The first-order chi connectivity index (χ1) is 14.2. The molecule has 1 aromatic carbocycles. The van der Waals surface area contributed by atoms with Gasteiger partial charge in [-0.25, -0.2) is 4.98 Å². The Morgan fingerprint density at radius 1 is 1.24 bits per heavy atom. The molecule has 0 saturated carbocycles. The molecule has 0 bridgehead atoms. The van der Waals surface area contributed by atoms with E-state index >= 15 is 0 Å². The van der Waals surface area contributed by atoms with Crippen molar-refractivity contribution in [3.8, 4) is 11.5 Å². The quantitative estimate of drug-likeness (QED) is 0.668. The van der Waals surface area contributed by atoms with Gasteiger partial charge in [0.25, 0.3) is 0 Å². The molecule has 1 aliphatic heterocycles. The van der Waals surface area contributed by atoms with E-state index in [0.29, 0.717) is 18.0 Å². The number of hydrogen-bond acceptors (Lipinski definition) is 6. The molecule has 29 heavy (non-hydrogen) atoms. The van der Waals surface area contributed by atoms with Crippen LogP contribution in [0.3, 0.4) is 0 Å². The van der Waals surface area contributed by atoms with Crippen LogP contribution in [0.25, 0.3) is 0 Å². The monoisotopic (exact) mass is 392 g/mol. The number of hydrogen-bond donors (Lipinski definition) is 2. The standard InChI is InChI=1S/C21H24N6O2/c1-15-23-20(26-25-15)14-27-12-3-2-6-19(27)21(28)24-16-7-9-17(10-8-16)29-18-5-4-11-22-13-18/h4-5,7-11,13,19H,2-3,6,12,14H2,1H3,(H,24,28)(H,23,25,26)/t19-/m0/s1. The number of aromatic amines is 1. The molecule has 3 aromatic rings. The summed E-state index contributed by atoms with van der Waals surface area (Å²) in [6.07, 6.45) is 6.30. The zero-order chi connectivity index (χ0) is 20.1. The summed E-state index contributed by atoms with van der Waals surface area (Å²) < 4.78 is 5.74. The number of piperidine rings is 1. The van der Waals surface area contributed by atoms with E-state index in [9.17, 15) is 4.79 Å². The van der Waals surface area contributed by atoms with E-state index in [1.807, 2.05) is 43.3 Å². The van der Waals surface area contributed by atoms with E-state index in [4.69, 9.17) is 4.74 Å². The van der Waals surface area contributed by atoms with Crippen LogP contribution in [0.15, 0.2) is 48.8 Å². The Kier molecular flexibility index (Phi) is 5.81. The van der Waals surface area contributed by atoms with Gasteiger partial charge in [0.2, 0.25) is 5.91 Å². The van der Waals surface area contributed by atoms with E-state index in [1.54, 1.807) is 12.4 Å². The van der Waals surface area contributed by atoms with E-state index in [2.05, 4.69) is 30.4 Å². The Bertz CT molecular complexity index is 941. The fraction of sp³-hybridized carbons (Fsp3) is 0.333. The van der Waals surface area contributed by atoms with Crippen LogP contribution in [0.5, 0.6) is 11.5 Å². The molecular formula is C21H24N6O2. The maximum absolute atomic E-state index is 12.9. The molecule has 1 amide bonds. The maximum Gasteiger partial charge on any atom is 0.241 e. The molecule has 0 unspecified atom stereocenters. The number of pyridine rings is 1. The third-order valence-corrected chi connectivity index (χ3v) is 4.90. The number of aryl methyl sites for hydroxylation is 1. The Hall–Kier alpha value is -3.26. The molecule has 4 rings (SSSR count). The average Bonchev–Trinajstić information content (AvgIpc) is 3.15. The number of likely N-dealkylation sites (tertiary alicyclic amines) is 1. The molecule has 0 aliphatic carbocycles. The van der Waals surface area contributed by atoms with Crippen LogP contribution in [0.2, 0.25) is 0 Å². The second-order valence-corrected chi connectivity index (χ2v) is 7.12. The van der Waals surface area contributed by atoms with Gasteiger partial charge in [0.1, 0.15) is 17.3 Å². The van der Waals surface area contributed by atoms with Crippen molar-refractivity contribution in [2.45, 2.75) is 38.8 Å². The van der Waals surface area contributed by atoms with Crippen molar-refractivity contribution in [3.05, 3.63) is 60.4 Å². The Morgan fingerprint density at radius 2 is 2.10 bits per heavy atom. The van der Waals surface area contributed by atoms with E-state index in [1.165, 1.54) is 0 Å². The van der Waals surface area contributed by atoms with Gasteiger partial charge in [-0.3, -0.25) is 19.8 Å². The molecule has 1 saturated heterocycles. The van der Waals surface area contributed by atoms with Crippen molar-refractivity contribution >= 4 is 11.6 Å². The molecule has 1 fully saturated rings. The summed E-state index contributed by atoms with van der Waals surface area (Å²) in [4.78, 5) is 23.5. The Balaban J connectivity index is 1.38. The van der Waals surface area contributed by atoms with Crippen molar-refractivity contribution in [2.75, 3.05) is 11.9 Å². The minimum Gasteiger partial charge on any atom is -0.456 e. The highest BCUT2D eigenvalue weighted by Crippen LogP contribution is 2.24. The van der Waals surface area contributed by atoms with Crippen LogP contribution >= 0.6 is 0 Å². The Labute approximate surface area is 169 Å². The van der Waals surface area contributed by atoms with E-state index in [-0.39, 0.29) is 11.9 Å². The summed E-state index contributed by atoms with van der Waals surface area (Å²) in [6, 6.07) is 10.8. The van der Waals surface area contributed by atoms with Gasteiger partial charge in [0.05, 0.1) is 18.8 Å². The number of nitrogens with zero attached hydrogens (tertiary/aromatic N) is 4. The van der Waals surface area contributed by atoms with Crippen LogP contribution in [0.4, 0.5) is 5.69 Å². The van der Waals surface area contributed by atoms with Crippen molar-refractivity contribution < 1.29 is 9.53 Å². The van der Waals surface area contributed by atoms with Gasteiger partial charge in [-0.15, -0.1) is 0 Å². The lowest BCUT2D eigenvalue weighted by Crippen LogP contribution is -2.46. The Morgan fingerprint density at radius 3 is 2.83 bits per heavy atom. The summed E-state index contributed by atoms with van der Waals surface area (Å²) in [5.41, 5.74) is 0.743. The van der Waals surface area contributed by atoms with Crippen LogP contribution in [0, 0.1) is 6.92 Å². The summed E-state index contributed by atoms with van der Waals surface area (Å²) in [5.74, 6) is 2.86. The number of nitrogens with one attached hydrogen (secondary N) is 2. The van der Waals surface area contributed by atoms with Crippen LogP contribution in [-0.2, 0) is 11.3 Å². The lowest BCUT2D eigenvalue weighted by atomic mass is 10.0. The molecule has 1 atom stereocenters. The van der Waals surface area contributed by atoms with E-state index in [0.717, 1.165) is 43.1 Å². The topological polar surface area (TPSA) is 96.0 Å². The predicted molar refractivity (Wildman–Crippen MR) is 109 cm³/mol. The van der Waals surface area contributed by atoms with E-state index < -0.39 is 0 Å². The van der Waals surface area contributed by atoms with Gasteiger partial charge in [-0.05, 0) is 62.7 Å². The number of aromatic nitrogens is 4. The predicted octanol–water partition coefficient (Wildman–Crippen LogP) is 3.29. The fourth-order valence-electron chi connectivity index (χ4n) is 3.49. The van der Waals surface area contributed by atoms with Gasteiger partial charge in [-0.2, -0.15) is 5.10 Å². The van der Waals surface area contributed by atoms with Crippen molar-refractivity contribution in [2.24, 2.45) is 0 Å². The zero-order valence-corrected chi connectivity index (χ0v) is 16.3. The first kappa shape index (κ1) is 19.1.